The minimum Gasteiger partial charge on any atom is -0.468 e. The summed E-state index contributed by atoms with van der Waals surface area (Å²) < 4.78 is 4.83. The van der Waals surface area contributed by atoms with Gasteiger partial charge < -0.3 is 15.0 Å². The lowest BCUT2D eigenvalue weighted by Crippen LogP contribution is -2.36. The summed E-state index contributed by atoms with van der Waals surface area (Å²) in [5.41, 5.74) is 4.43. The number of nitrogens with one attached hydrogen (secondary N) is 2. The number of carbonyl (C=O) groups excluding carboxylic acids is 2. The molecule has 26 heavy (non-hydrogen) atoms. The van der Waals surface area contributed by atoms with Crippen LogP contribution in [0.2, 0.25) is 0 Å². The SMILES string of the molecule is COC(=O)[C@@H]1C[C@@H](NC(=O)c2ccc3c4c([nH]c3c2)CCCC4)CN1C. The molecule has 0 saturated carbocycles. The number of aryl methyl sites for hydroxylation is 2. The van der Waals surface area contributed by atoms with Gasteiger partial charge in [-0.2, -0.15) is 0 Å². The molecule has 1 fully saturated rings. The van der Waals surface area contributed by atoms with Gasteiger partial charge in [-0.05, 0) is 56.8 Å². The Morgan fingerprint density at radius 1 is 1.27 bits per heavy atom. The summed E-state index contributed by atoms with van der Waals surface area (Å²) in [5.74, 6) is -0.342. The molecule has 2 aliphatic rings. The number of H-pyrrole nitrogens is 1. The zero-order valence-electron chi connectivity index (χ0n) is 15.3. The Kier molecular flexibility index (Phi) is 4.44. The first-order valence-electron chi connectivity index (χ1n) is 9.29. The van der Waals surface area contributed by atoms with Crippen LogP contribution in [-0.4, -0.2) is 54.5 Å². The molecule has 0 unspecified atom stereocenters. The molecule has 1 saturated heterocycles. The standard InChI is InChI=1S/C20H25N3O3/c1-23-11-13(10-18(23)20(25)26-2)21-19(24)12-7-8-15-14-5-3-4-6-16(14)22-17(15)9-12/h7-9,13,18,22H,3-6,10-11H2,1-2H3,(H,21,24)/t13-,18+/m1/s1. The normalized spacial score (nSPS) is 23.0. The van der Waals surface area contributed by atoms with Crippen molar-refractivity contribution in [3.63, 3.8) is 0 Å². The van der Waals surface area contributed by atoms with E-state index < -0.39 is 0 Å². The maximum absolute atomic E-state index is 12.7. The van der Waals surface area contributed by atoms with E-state index in [4.69, 9.17) is 4.74 Å². The quantitative estimate of drug-likeness (QED) is 0.826. The third-order valence-electron chi connectivity index (χ3n) is 5.72. The fraction of sp³-hybridized carbons (Fsp3) is 0.500. The highest BCUT2D eigenvalue weighted by atomic mass is 16.5. The highest BCUT2D eigenvalue weighted by Crippen LogP contribution is 2.29. The predicted octanol–water partition coefficient (Wildman–Crippen LogP) is 2.02. The summed E-state index contributed by atoms with van der Waals surface area (Å²) in [5, 5.41) is 4.30. The number of esters is 1. The van der Waals surface area contributed by atoms with E-state index in [9.17, 15) is 9.59 Å². The van der Waals surface area contributed by atoms with Crippen LogP contribution in [0.1, 0.15) is 40.9 Å². The molecule has 0 spiro atoms. The van der Waals surface area contributed by atoms with Gasteiger partial charge >= 0.3 is 5.97 Å². The van der Waals surface area contributed by atoms with E-state index in [1.54, 1.807) is 0 Å². The van der Waals surface area contributed by atoms with E-state index in [0.29, 0.717) is 18.5 Å². The molecule has 0 bridgehead atoms. The first-order valence-corrected chi connectivity index (χ1v) is 9.29. The van der Waals surface area contributed by atoms with Gasteiger partial charge in [0.15, 0.2) is 0 Å². The third-order valence-corrected chi connectivity index (χ3v) is 5.72. The molecule has 2 atom stereocenters. The van der Waals surface area contributed by atoms with Gasteiger partial charge in [-0.3, -0.25) is 14.5 Å². The summed E-state index contributed by atoms with van der Waals surface area (Å²) in [6.45, 7) is 0.643. The van der Waals surface area contributed by atoms with Gasteiger partial charge in [-0.1, -0.05) is 6.07 Å². The number of ether oxygens (including phenoxy) is 1. The van der Waals surface area contributed by atoms with E-state index in [0.717, 1.165) is 18.4 Å². The van der Waals surface area contributed by atoms with Crippen molar-refractivity contribution in [2.75, 3.05) is 20.7 Å². The van der Waals surface area contributed by atoms with E-state index in [-0.39, 0.29) is 24.0 Å². The van der Waals surface area contributed by atoms with E-state index in [1.807, 2.05) is 24.1 Å². The van der Waals surface area contributed by atoms with E-state index >= 15 is 0 Å². The molecule has 6 heteroatoms. The summed E-state index contributed by atoms with van der Waals surface area (Å²) in [6, 6.07) is 5.56. The topological polar surface area (TPSA) is 74.4 Å². The Morgan fingerprint density at radius 3 is 2.88 bits per heavy atom. The molecule has 1 amide bonds. The van der Waals surface area contributed by atoms with Gasteiger partial charge in [0.2, 0.25) is 0 Å². The molecule has 138 valence electrons. The Bertz CT molecular complexity index is 857. The molecule has 1 aromatic heterocycles. The summed E-state index contributed by atoms with van der Waals surface area (Å²) in [6.07, 6.45) is 5.25. The number of hydrogen-bond acceptors (Lipinski definition) is 4. The molecule has 2 N–H and O–H groups in total. The summed E-state index contributed by atoms with van der Waals surface area (Å²) in [4.78, 5) is 29.9. The number of likely N-dealkylation sites (N-methyl/N-ethyl adjacent to an activating group) is 1. The van der Waals surface area contributed by atoms with Crippen LogP contribution in [0.4, 0.5) is 0 Å². The van der Waals surface area contributed by atoms with Crippen molar-refractivity contribution in [2.45, 2.75) is 44.2 Å². The molecule has 1 aromatic carbocycles. The van der Waals surface area contributed by atoms with Gasteiger partial charge in [0.1, 0.15) is 6.04 Å². The molecular weight excluding hydrogens is 330 g/mol. The lowest BCUT2D eigenvalue weighted by atomic mass is 9.95. The van der Waals surface area contributed by atoms with Gasteiger partial charge in [0.05, 0.1) is 7.11 Å². The number of nitrogens with zero attached hydrogens (tertiary/aromatic N) is 1. The smallest absolute Gasteiger partial charge is 0.323 e. The van der Waals surface area contributed by atoms with Crippen LogP contribution in [0.25, 0.3) is 10.9 Å². The second-order valence-electron chi connectivity index (χ2n) is 7.43. The van der Waals surface area contributed by atoms with Crippen LogP contribution in [0, 0.1) is 0 Å². The van der Waals surface area contributed by atoms with Crippen LogP contribution >= 0.6 is 0 Å². The maximum atomic E-state index is 12.7. The molecule has 2 aromatic rings. The monoisotopic (exact) mass is 355 g/mol. The largest absolute Gasteiger partial charge is 0.468 e. The van der Waals surface area contributed by atoms with Crippen LogP contribution in [0.3, 0.4) is 0 Å². The van der Waals surface area contributed by atoms with Crippen molar-refractivity contribution in [3.05, 3.63) is 35.0 Å². The average Bonchev–Trinajstić information content (AvgIpc) is 3.20. The molecule has 4 rings (SSSR count). The number of carbonyl (C=O) groups is 2. The highest BCUT2D eigenvalue weighted by molar-refractivity contribution is 5.99. The Labute approximate surface area is 152 Å². The number of rotatable bonds is 3. The van der Waals surface area contributed by atoms with Crippen LogP contribution in [-0.2, 0) is 22.4 Å². The van der Waals surface area contributed by atoms with Gasteiger partial charge in [0, 0.05) is 34.7 Å². The number of methoxy groups -OCH3 is 1. The van der Waals surface area contributed by atoms with Crippen molar-refractivity contribution >= 4 is 22.8 Å². The van der Waals surface area contributed by atoms with Gasteiger partial charge in [-0.25, -0.2) is 0 Å². The van der Waals surface area contributed by atoms with Crippen LogP contribution in [0.5, 0.6) is 0 Å². The summed E-state index contributed by atoms with van der Waals surface area (Å²) >= 11 is 0. The van der Waals surface area contributed by atoms with Crippen molar-refractivity contribution in [1.82, 2.24) is 15.2 Å². The minimum absolute atomic E-state index is 0.0517. The molecule has 6 nitrogen and oxygen atoms in total. The minimum atomic E-state index is -0.289. The van der Waals surface area contributed by atoms with Crippen LogP contribution in [0.15, 0.2) is 18.2 Å². The van der Waals surface area contributed by atoms with Gasteiger partial charge in [-0.15, -0.1) is 0 Å². The van der Waals surface area contributed by atoms with Crippen molar-refractivity contribution < 1.29 is 14.3 Å². The molecule has 1 aliphatic carbocycles. The second-order valence-corrected chi connectivity index (χ2v) is 7.43. The number of aromatic amines is 1. The number of benzene rings is 1. The zero-order chi connectivity index (χ0) is 18.3. The molecule has 0 radical (unpaired) electrons. The fourth-order valence-corrected chi connectivity index (χ4v) is 4.34. The zero-order valence-corrected chi connectivity index (χ0v) is 15.3. The maximum Gasteiger partial charge on any atom is 0.323 e. The molecule has 2 heterocycles. The van der Waals surface area contributed by atoms with E-state index in [2.05, 4.69) is 16.4 Å². The Balaban J connectivity index is 1.49. The molecular formula is C20H25N3O3. The lowest BCUT2D eigenvalue weighted by Gasteiger charge is -2.15. The second kappa shape index (κ2) is 6.76. The first kappa shape index (κ1) is 17.1. The van der Waals surface area contributed by atoms with Gasteiger partial charge in [0.25, 0.3) is 5.91 Å². The first-order chi connectivity index (χ1) is 12.6. The van der Waals surface area contributed by atoms with Crippen molar-refractivity contribution in [1.29, 1.82) is 0 Å². The molecule has 1 aliphatic heterocycles. The predicted molar refractivity (Wildman–Crippen MR) is 99.2 cm³/mol. The number of aromatic nitrogens is 1. The third kappa shape index (κ3) is 2.98. The van der Waals surface area contributed by atoms with Crippen molar-refractivity contribution in [3.8, 4) is 0 Å². The number of hydrogen-bond donors (Lipinski definition) is 2. The number of fused-ring (bicyclic) bond motifs is 3. The van der Waals surface area contributed by atoms with E-state index in [1.165, 1.54) is 36.6 Å². The lowest BCUT2D eigenvalue weighted by molar-refractivity contribution is -0.145. The van der Waals surface area contributed by atoms with Crippen molar-refractivity contribution in [2.24, 2.45) is 0 Å². The fourth-order valence-electron chi connectivity index (χ4n) is 4.34. The number of amides is 1. The van der Waals surface area contributed by atoms with Crippen LogP contribution < -0.4 is 5.32 Å². The highest BCUT2D eigenvalue weighted by Gasteiger charge is 2.36. The average molecular weight is 355 g/mol. The number of likely N-dealkylation sites (tertiary alicyclic amines) is 1. The Morgan fingerprint density at radius 2 is 2.08 bits per heavy atom. The summed E-state index contributed by atoms with van der Waals surface area (Å²) in [7, 11) is 3.27. The Hall–Kier alpha value is -2.34.